The average molecular weight is 266 g/mol. The molecule has 2 nitrogen and oxygen atoms in total. The van der Waals surface area contributed by atoms with Crippen LogP contribution in [-0.2, 0) is 6.42 Å². The van der Waals surface area contributed by atoms with Gasteiger partial charge in [0, 0.05) is 5.56 Å². The molecule has 0 atom stereocenters. The van der Waals surface area contributed by atoms with E-state index in [4.69, 9.17) is 0 Å². The molecule has 0 aromatic heterocycles. The molecule has 0 saturated heterocycles. The van der Waals surface area contributed by atoms with Crippen molar-refractivity contribution in [2.75, 3.05) is 0 Å². The van der Waals surface area contributed by atoms with Gasteiger partial charge in [0.1, 0.15) is 11.5 Å². The van der Waals surface area contributed by atoms with E-state index in [0.717, 1.165) is 11.1 Å². The van der Waals surface area contributed by atoms with E-state index in [2.05, 4.69) is 0 Å². The molecule has 20 heavy (non-hydrogen) atoms. The Balaban J connectivity index is 2.10. The van der Waals surface area contributed by atoms with Crippen LogP contribution in [-0.4, -0.2) is 10.2 Å². The van der Waals surface area contributed by atoms with Crippen molar-refractivity contribution in [3.8, 4) is 11.5 Å². The fourth-order valence-corrected chi connectivity index (χ4v) is 2.02. The number of benzene rings is 2. The van der Waals surface area contributed by atoms with Crippen molar-refractivity contribution >= 4 is 12.2 Å². The van der Waals surface area contributed by atoms with Crippen LogP contribution in [0.3, 0.4) is 0 Å². The van der Waals surface area contributed by atoms with Crippen molar-refractivity contribution < 1.29 is 10.2 Å². The van der Waals surface area contributed by atoms with Crippen LogP contribution in [0.25, 0.3) is 12.2 Å². The lowest BCUT2D eigenvalue weighted by atomic mass is 10.1. The van der Waals surface area contributed by atoms with E-state index in [1.165, 1.54) is 0 Å². The van der Waals surface area contributed by atoms with E-state index in [-0.39, 0.29) is 11.5 Å². The first kappa shape index (κ1) is 13.9. The lowest BCUT2D eigenvalue weighted by Gasteiger charge is -2.05. The number of rotatable bonds is 4. The lowest BCUT2D eigenvalue weighted by Crippen LogP contribution is -1.84. The summed E-state index contributed by atoms with van der Waals surface area (Å²) < 4.78 is 0. The Morgan fingerprint density at radius 1 is 0.850 bits per heavy atom. The Kier molecular flexibility index (Phi) is 4.61. The van der Waals surface area contributed by atoms with Crippen molar-refractivity contribution in [1.82, 2.24) is 0 Å². The summed E-state index contributed by atoms with van der Waals surface area (Å²) in [5, 5.41) is 19.6. The Labute approximate surface area is 119 Å². The van der Waals surface area contributed by atoms with Crippen LogP contribution in [0.4, 0.5) is 0 Å². The van der Waals surface area contributed by atoms with Crippen LogP contribution in [0, 0.1) is 0 Å². The largest absolute Gasteiger partial charge is 0.508 e. The Morgan fingerprint density at radius 2 is 1.40 bits per heavy atom. The standard InChI is InChI=1S/C18H18O2/c1-2-16-17(19)12-15(13-18(16)20)11-7-6-10-14-8-4-3-5-9-14/h3-13,19-20H,2H2,1H3/b10-6+,11-7+. The zero-order valence-corrected chi connectivity index (χ0v) is 11.5. The molecule has 102 valence electrons. The summed E-state index contributed by atoms with van der Waals surface area (Å²) in [4.78, 5) is 0. The Morgan fingerprint density at radius 3 is 1.95 bits per heavy atom. The molecule has 0 radical (unpaired) electrons. The molecule has 0 aliphatic heterocycles. The van der Waals surface area contributed by atoms with E-state index in [0.29, 0.717) is 12.0 Å². The highest BCUT2D eigenvalue weighted by atomic mass is 16.3. The van der Waals surface area contributed by atoms with Gasteiger partial charge < -0.3 is 10.2 Å². The van der Waals surface area contributed by atoms with Crippen LogP contribution >= 0.6 is 0 Å². The lowest BCUT2D eigenvalue weighted by molar-refractivity contribution is 0.439. The SMILES string of the molecule is CCc1c(O)cc(/C=C/C=C/c2ccccc2)cc1O. The molecule has 0 heterocycles. The van der Waals surface area contributed by atoms with Crippen molar-refractivity contribution in [2.45, 2.75) is 13.3 Å². The van der Waals surface area contributed by atoms with E-state index in [1.807, 2.05) is 61.6 Å². The molecule has 0 aliphatic rings. The van der Waals surface area contributed by atoms with E-state index >= 15 is 0 Å². The van der Waals surface area contributed by atoms with Crippen LogP contribution in [0.15, 0.2) is 54.6 Å². The zero-order valence-electron chi connectivity index (χ0n) is 11.5. The number of hydrogen-bond acceptors (Lipinski definition) is 2. The third kappa shape index (κ3) is 3.51. The molecule has 2 aromatic rings. The van der Waals surface area contributed by atoms with Crippen LogP contribution < -0.4 is 0 Å². The number of allylic oxidation sites excluding steroid dienone is 2. The minimum Gasteiger partial charge on any atom is -0.508 e. The van der Waals surface area contributed by atoms with Gasteiger partial charge in [0.2, 0.25) is 0 Å². The fourth-order valence-electron chi connectivity index (χ4n) is 2.02. The number of phenolic OH excluding ortho intramolecular Hbond substituents is 2. The normalized spacial score (nSPS) is 11.4. The minimum atomic E-state index is 0.138. The summed E-state index contributed by atoms with van der Waals surface area (Å²) in [7, 11) is 0. The molecule has 0 spiro atoms. The van der Waals surface area contributed by atoms with Gasteiger partial charge >= 0.3 is 0 Å². The molecule has 0 unspecified atom stereocenters. The highest BCUT2D eigenvalue weighted by Gasteiger charge is 2.05. The smallest absolute Gasteiger partial charge is 0.123 e. The molecular weight excluding hydrogens is 248 g/mol. The van der Waals surface area contributed by atoms with Crippen molar-refractivity contribution in [3.63, 3.8) is 0 Å². The van der Waals surface area contributed by atoms with Gasteiger partial charge in [-0.1, -0.05) is 61.6 Å². The molecule has 0 bridgehead atoms. The summed E-state index contributed by atoms with van der Waals surface area (Å²) in [6, 6.07) is 13.3. The first-order chi connectivity index (χ1) is 9.70. The second-order valence-electron chi connectivity index (χ2n) is 4.52. The second-order valence-corrected chi connectivity index (χ2v) is 4.52. The van der Waals surface area contributed by atoms with Crippen molar-refractivity contribution in [3.05, 3.63) is 71.3 Å². The van der Waals surface area contributed by atoms with Gasteiger partial charge in [-0.15, -0.1) is 0 Å². The van der Waals surface area contributed by atoms with Gasteiger partial charge in [0.25, 0.3) is 0 Å². The molecule has 0 amide bonds. The molecule has 2 heteroatoms. The number of hydrogen-bond donors (Lipinski definition) is 2. The van der Waals surface area contributed by atoms with Crippen LogP contribution in [0.1, 0.15) is 23.6 Å². The molecule has 0 fully saturated rings. The van der Waals surface area contributed by atoms with Crippen LogP contribution in [0.5, 0.6) is 11.5 Å². The van der Waals surface area contributed by atoms with Gasteiger partial charge in [0.15, 0.2) is 0 Å². The molecule has 2 aromatic carbocycles. The maximum Gasteiger partial charge on any atom is 0.123 e. The summed E-state index contributed by atoms with van der Waals surface area (Å²) >= 11 is 0. The summed E-state index contributed by atoms with van der Waals surface area (Å²) in [5.74, 6) is 0.276. The Hall–Kier alpha value is -2.48. The fraction of sp³-hybridized carbons (Fsp3) is 0.111. The molecule has 0 aliphatic carbocycles. The minimum absolute atomic E-state index is 0.138. The predicted molar refractivity (Wildman–Crippen MR) is 83.7 cm³/mol. The number of aromatic hydroxyl groups is 2. The molecule has 0 saturated carbocycles. The van der Waals surface area contributed by atoms with Gasteiger partial charge in [-0.2, -0.15) is 0 Å². The molecule has 2 rings (SSSR count). The van der Waals surface area contributed by atoms with Gasteiger partial charge in [-0.3, -0.25) is 0 Å². The quantitative estimate of drug-likeness (QED) is 0.806. The maximum absolute atomic E-state index is 9.79. The highest BCUT2D eigenvalue weighted by molar-refractivity contribution is 5.61. The molecular formula is C18H18O2. The third-order valence-electron chi connectivity index (χ3n) is 3.07. The second kappa shape index (κ2) is 6.62. The molecule has 2 N–H and O–H groups in total. The summed E-state index contributed by atoms with van der Waals surface area (Å²) in [6.07, 6.45) is 8.26. The van der Waals surface area contributed by atoms with Crippen LogP contribution in [0.2, 0.25) is 0 Å². The summed E-state index contributed by atoms with van der Waals surface area (Å²) in [6.45, 7) is 1.90. The predicted octanol–water partition coefficient (Wildman–Crippen LogP) is 4.39. The van der Waals surface area contributed by atoms with Gasteiger partial charge in [-0.25, -0.2) is 0 Å². The Bertz CT molecular complexity index is 602. The third-order valence-corrected chi connectivity index (χ3v) is 3.07. The van der Waals surface area contributed by atoms with Gasteiger partial charge in [-0.05, 0) is 29.7 Å². The van der Waals surface area contributed by atoms with Crippen molar-refractivity contribution in [2.24, 2.45) is 0 Å². The maximum atomic E-state index is 9.79. The average Bonchev–Trinajstić information content (AvgIpc) is 2.44. The van der Waals surface area contributed by atoms with Crippen molar-refractivity contribution in [1.29, 1.82) is 0 Å². The zero-order chi connectivity index (χ0) is 14.4. The topological polar surface area (TPSA) is 40.5 Å². The first-order valence-electron chi connectivity index (χ1n) is 6.65. The first-order valence-corrected chi connectivity index (χ1v) is 6.65. The highest BCUT2D eigenvalue weighted by Crippen LogP contribution is 2.29. The monoisotopic (exact) mass is 266 g/mol. The van der Waals surface area contributed by atoms with E-state index in [9.17, 15) is 10.2 Å². The van der Waals surface area contributed by atoms with E-state index < -0.39 is 0 Å². The summed E-state index contributed by atoms with van der Waals surface area (Å²) in [5.41, 5.74) is 2.49. The van der Waals surface area contributed by atoms with E-state index in [1.54, 1.807) is 12.1 Å². The number of phenols is 2. The van der Waals surface area contributed by atoms with Gasteiger partial charge in [0.05, 0.1) is 0 Å².